The summed E-state index contributed by atoms with van der Waals surface area (Å²) < 4.78 is 0. The van der Waals surface area contributed by atoms with E-state index in [1.165, 1.54) is 10.5 Å². The SMILES string of the molecule is Cc1cn[nH]c1CN[C@@H]1CCN(c2nc(C(=O)N(C)C)nc(C)c2C)C1. The van der Waals surface area contributed by atoms with Crippen molar-refractivity contribution in [2.75, 3.05) is 32.1 Å². The average Bonchev–Trinajstić information content (AvgIpc) is 3.23. The molecule has 0 spiro atoms. The molecule has 1 fully saturated rings. The molecule has 3 heterocycles. The Bertz CT molecular complexity index is 799. The van der Waals surface area contributed by atoms with Gasteiger partial charge in [-0.2, -0.15) is 5.10 Å². The quantitative estimate of drug-likeness (QED) is 0.836. The zero-order chi connectivity index (χ0) is 18.8. The minimum Gasteiger partial charge on any atom is -0.355 e. The highest BCUT2D eigenvalue weighted by molar-refractivity contribution is 5.90. The van der Waals surface area contributed by atoms with Gasteiger partial charge >= 0.3 is 0 Å². The molecule has 0 aliphatic carbocycles. The zero-order valence-corrected chi connectivity index (χ0v) is 16.1. The van der Waals surface area contributed by atoms with Crippen molar-refractivity contribution in [1.29, 1.82) is 0 Å². The van der Waals surface area contributed by atoms with Gasteiger partial charge in [-0.05, 0) is 32.8 Å². The van der Waals surface area contributed by atoms with Gasteiger partial charge in [-0.1, -0.05) is 0 Å². The van der Waals surface area contributed by atoms with Gasteiger partial charge in [0.2, 0.25) is 5.82 Å². The number of anilines is 1. The van der Waals surface area contributed by atoms with Crippen molar-refractivity contribution in [3.05, 3.63) is 34.5 Å². The van der Waals surface area contributed by atoms with E-state index in [-0.39, 0.29) is 11.7 Å². The maximum absolute atomic E-state index is 12.3. The van der Waals surface area contributed by atoms with Gasteiger partial charge in [-0.15, -0.1) is 0 Å². The van der Waals surface area contributed by atoms with Gasteiger partial charge < -0.3 is 15.1 Å². The summed E-state index contributed by atoms with van der Waals surface area (Å²) in [6.45, 7) is 8.55. The number of hydrogen-bond donors (Lipinski definition) is 2. The summed E-state index contributed by atoms with van der Waals surface area (Å²) in [5.74, 6) is 0.959. The second-order valence-corrected chi connectivity index (χ2v) is 7.12. The summed E-state index contributed by atoms with van der Waals surface area (Å²) in [5, 5.41) is 10.7. The molecule has 26 heavy (non-hydrogen) atoms. The molecule has 2 N–H and O–H groups in total. The normalized spacial score (nSPS) is 17.0. The van der Waals surface area contributed by atoms with Crippen LogP contribution >= 0.6 is 0 Å². The fourth-order valence-electron chi connectivity index (χ4n) is 3.13. The van der Waals surface area contributed by atoms with E-state index in [1.807, 2.05) is 20.0 Å². The van der Waals surface area contributed by atoms with Crippen molar-refractivity contribution >= 4 is 11.7 Å². The summed E-state index contributed by atoms with van der Waals surface area (Å²) in [6.07, 6.45) is 2.88. The molecule has 0 aromatic carbocycles. The number of carbonyl (C=O) groups is 1. The minimum absolute atomic E-state index is 0.169. The van der Waals surface area contributed by atoms with Crippen LogP contribution in [0.3, 0.4) is 0 Å². The Labute approximate surface area is 154 Å². The molecule has 0 radical (unpaired) electrons. The first-order valence-corrected chi connectivity index (χ1v) is 8.91. The molecule has 1 saturated heterocycles. The van der Waals surface area contributed by atoms with Gasteiger partial charge in [0.1, 0.15) is 5.82 Å². The molecule has 1 amide bonds. The topological polar surface area (TPSA) is 90.0 Å². The third-order valence-electron chi connectivity index (χ3n) is 4.95. The smallest absolute Gasteiger partial charge is 0.291 e. The zero-order valence-electron chi connectivity index (χ0n) is 16.1. The predicted octanol–water partition coefficient (Wildman–Crippen LogP) is 1.20. The van der Waals surface area contributed by atoms with Crippen molar-refractivity contribution in [3.8, 4) is 0 Å². The van der Waals surface area contributed by atoms with E-state index in [4.69, 9.17) is 0 Å². The van der Waals surface area contributed by atoms with Crippen LogP contribution in [0.5, 0.6) is 0 Å². The van der Waals surface area contributed by atoms with Crippen LogP contribution < -0.4 is 10.2 Å². The lowest BCUT2D eigenvalue weighted by Gasteiger charge is -2.22. The van der Waals surface area contributed by atoms with Gasteiger partial charge in [0.05, 0.1) is 11.9 Å². The second kappa shape index (κ2) is 7.41. The van der Waals surface area contributed by atoms with Crippen molar-refractivity contribution in [3.63, 3.8) is 0 Å². The molecular formula is C18H27N7O. The summed E-state index contributed by atoms with van der Waals surface area (Å²) in [7, 11) is 3.43. The molecule has 0 unspecified atom stereocenters. The summed E-state index contributed by atoms with van der Waals surface area (Å²) >= 11 is 0. The van der Waals surface area contributed by atoms with Crippen molar-refractivity contribution in [2.45, 2.75) is 39.8 Å². The van der Waals surface area contributed by atoms with E-state index in [1.54, 1.807) is 14.1 Å². The van der Waals surface area contributed by atoms with Crippen LogP contribution in [0, 0.1) is 20.8 Å². The van der Waals surface area contributed by atoms with Crippen molar-refractivity contribution in [2.24, 2.45) is 0 Å². The van der Waals surface area contributed by atoms with E-state index in [9.17, 15) is 4.79 Å². The number of rotatable bonds is 5. The molecule has 2 aromatic heterocycles. The molecule has 140 valence electrons. The Balaban J connectivity index is 1.71. The van der Waals surface area contributed by atoms with Crippen LogP contribution in [0.4, 0.5) is 5.82 Å². The first kappa shape index (κ1) is 18.3. The van der Waals surface area contributed by atoms with E-state index in [2.05, 4.69) is 37.3 Å². The number of aryl methyl sites for hydroxylation is 2. The fraction of sp³-hybridized carbons (Fsp3) is 0.556. The minimum atomic E-state index is -0.169. The van der Waals surface area contributed by atoms with Crippen LogP contribution in [0.1, 0.15) is 39.6 Å². The van der Waals surface area contributed by atoms with Gasteiger partial charge in [0, 0.05) is 51.0 Å². The summed E-state index contributed by atoms with van der Waals surface area (Å²) in [5.41, 5.74) is 4.17. The van der Waals surface area contributed by atoms with Gasteiger partial charge in [-0.25, -0.2) is 9.97 Å². The number of hydrogen-bond acceptors (Lipinski definition) is 6. The van der Waals surface area contributed by atoms with Gasteiger partial charge in [-0.3, -0.25) is 9.89 Å². The van der Waals surface area contributed by atoms with E-state index < -0.39 is 0 Å². The molecule has 2 aromatic rings. The molecule has 1 atom stereocenters. The van der Waals surface area contributed by atoms with Crippen LogP contribution in [-0.2, 0) is 6.54 Å². The Hall–Kier alpha value is -2.48. The van der Waals surface area contributed by atoms with Gasteiger partial charge in [0.25, 0.3) is 5.91 Å². The van der Waals surface area contributed by atoms with Crippen LogP contribution in [0.2, 0.25) is 0 Å². The summed E-state index contributed by atoms with van der Waals surface area (Å²) in [4.78, 5) is 25.0. The third kappa shape index (κ3) is 3.70. The molecule has 3 rings (SSSR count). The highest BCUT2D eigenvalue weighted by atomic mass is 16.2. The first-order chi connectivity index (χ1) is 12.4. The highest BCUT2D eigenvalue weighted by Gasteiger charge is 2.26. The monoisotopic (exact) mass is 357 g/mol. The molecule has 0 saturated carbocycles. The highest BCUT2D eigenvalue weighted by Crippen LogP contribution is 2.24. The van der Waals surface area contributed by atoms with Crippen molar-refractivity contribution < 1.29 is 4.79 Å². The van der Waals surface area contributed by atoms with Crippen LogP contribution in [-0.4, -0.2) is 64.2 Å². The predicted molar refractivity (Wildman–Crippen MR) is 100 cm³/mol. The third-order valence-corrected chi connectivity index (χ3v) is 4.95. The fourth-order valence-corrected chi connectivity index (χ4v) is 3.13. The Morgan fingerprint density at radius 1 is 1.35 bits per heavy atom. The molecule has 1 aliphatic rings. The lowest BCUT2D eigenvalue weighted by molar-refractivity contribution is 0.0815. The van der Waals surface area contributed by atoms with E-state index >= 15 is 0 Å². The molecule has 1 aliphatic heterocycles. The number of aromatic nitrogens is 4. The first-order valence-electron chi connectivity index (χ1n) is 8.91. The molecular weight excluding hydrogens is 330 g/mol. The van der Waals surface area contributed by atoms with E-state index in [0.29, 0.717) is 6.04 Å². The maximum Gasteiger partial charge on any atom is 0.291 e. The standard InChI is InChI=1S/C18H27N7O/c1-11-8-20-23-15(11)9-19-14-6-7-25(10-14)17-12(2)13(3)21-16(22-17)18(26)24(4)5/h8,14,19H,6-7,9-10H2,1-5H3,(H,20,23)/t14-/m1/s1. The second-order valence-electron chi connectivity index (χ2n) is 7.12. The van der Waals surface area contributed by atoms with Gasteiger partial charge in [0.15, 0.2) is 0 Å². The number of nitrogens with zero attached hydrogens (tertiary/aromatic N) is 5. The molecule has 0 bridgehead atoms. The van der Waals surface area contributed by atoms with Crippen molar-refractivity contribution in [1.82, 2.24) is 30.4 Å². The number of nitrogens with one attached hydrogen (secondary N) is 2. The average molecular weight is 357 g/mol. The maximum atomic E-state index is 12.3. The Kier molecular flexibility index (Phi) is 5.22. The summed E-state index contributed by atoms with van der Waals surface area (Å²) in [6, 6.07) is 0.375. The number of amides is 1. The number of H-pyrrole nitrogens is 1. The Morgan fingerprint density at radius 2 is 2.12 bits per heavy atom. The molecule has 8 nitrogen and oxygen atoms in total. The van der Waals surface area contributed by atoms with Crippen LogP contribution in [0.15, 0.2) is 6.20 Å². The lowest BCUT2D eigenvalue weighted by atomic mass is 10.2. The number of carbonyl (C=O) groups excluding carboxylic acids is 1. The van der Waals surface area contributed by atoms with E-state index in [0.717, 1.165) is 48.8 Å². The Morgan fingerprint density at radius 3 is 2.77 bits per heavy atom. The van der Waals surface area contributed by atoms with Crippen LogP contribution in [0.25, 0.3) is 0 Å². The molecule has 8 heteroatoms. The number of aromatic amines is 1. The largest absolute Gasteiger partial charge is 0.355 e. The lowest BCUT2D eigenvalue weighted by Crippen LogP contribution is -2.33.